The Labute approximate surface area is 147 Å². The Morgan fingerprint density at radius 1 is 1.24 bits per heavy atom. The van der Waals surface area contributed by atoms with Gasteiger partial charge in [0, 0.05) is 25.4 Å². The maximum absolute atomic E-state index is 12.6. The van der Waals surface area contributed by atoms with Crippen LogP contribution in [0.15, 0.2) is 48.8 Å². The van der Waals surface area contributed by atoms with Crippen LogP contribution in [0.3, 0.4) is 0 Å². The van der Waals surface area contributed by atoms with Gasteiger partial charge in [0.25, 0.3) is 0 Å². The third-order valence-corrected chi connectivity index (χ3v) is 4.88. The van der Waals surface area contributed by atoms with Crippen molar-refractivity contribution < 1.29 is 9.59 Å². The first kappa shape index (κ1) is 17.1. The lowest BCUT2D eigenvalue weighted by atomic mass is 9.81. The van der Waals surface area contributed by atoms with Crippen molar-refractivity contribution >= 4 is 11.8 Å². The molecule has 130 valence electrons. The molecule has 0 radical (unpaired) electrons. The Kier molecular flexibility index (Phi) is 4.83. The van der Waals surface area contributed by atoms with Gasteiger partial charge >= 0.3 is 0 Å². The van der Waals surface area contributed by atoms with Crippen LogP contribution in [-0.4, -0.2) is 23.3 Å². The number of hydrogen-bond acceptors (Lipinski definition) is 3. The molecule has 5 nitrogen and oxygen atoms in total. The third-order valence-electron chi connectivity index (χ3n) is 4.88. The van der Waals surface area contributed by atoms with Crippen LogP contribution in [0, 0.1) is 5.41 Å². The van der Waals surface area contributed by atoms with Crippen LogP contribution in [0.2, 0.25) is 0 Å². The van der Waals surface area contributed by atoms with Gasteiger partial charge in [-0.05, 0) is 43.0 Å². The summed E-state index contributed by atoms with van der Waals surface area (Å²) in [6.07, 6.45) is 4.57. The van der Waals surface area contributed by atoms with E-state index in [0.29, 0.717) is 19.4 Å². The summed E-state index contributed by atoms with van der Waals surface area (Å²) in [6, 6.07) is 12.0. The summed E-state index contributed by atoms with van der Waals surface area (Å²) in [5.41, 5.74) is 2.66. The molecule has 2 aromatic rings. The number of rotatable bonds is 4. The molecule has 1 saturated heterocycles. The van der Waals surface area contributed by atoms with E-state index in [4.69, 9.17) is 0 Å². The Hall–Kier alpha value is -2.69. The van der Waals surface area contributed by atoms with E-state index in [-0.39, 0.29) is 17.9 Å². The molecule has 1 aliphatic heterocycles. The zero-order valence-electron chi connectivity index (χ0n) is 14.6. The molecule has 0 aliphatic carbocycles. The third kappa shape index (κ3) is 3.87. The van der Waals surface area contributed by atoms with Crippen LogP contribution in [0.5, 0.6) is 0 Å². The Bertz CT molecular complexity index is 746. The number of amides is 2. The summed E-state index contributed by atoms with van der Waals surface area (Å²) in [5, 5.41) is 5.86. The number of piperidine rings is 1. The molecule has 1 fully saturated rings. The van der Waals surface area contributed by atoms with Gasteiger partial charge in [0.1, 0.15) is 0 Å². The van der Waals surface area contributed by atoms with Gasteiger partial charge in [-0.2, -0.15) is 0 Å². The number of aromatic nitrogens is 1. The Balaban J connectivity index is 1.66. The highest BCUT2D eigenvalue weighted by Gasteiger charge is 2.37. The van der Waals surface area contributed by atoms with E-state index >= 15 is 0 Å². The fourth-order valence-corrected chi connectivity index (χ4v) is 3.01. The van der Waals surface area contributed by atoms with E-state index in [1.54, 1.807) is 6.20 Å². The minimum atomic E-state index is -0.544. The minimum absolute atomic E-state index is 0.0173. The first-order chi connectivity index (χ1) is 12.0. The quantitative estimate of drug-likeness (QED) is 0.901. The highest BCUT2D eigenvalue weighted by molar-refractivity contribution is 5.86. The molecular weight excluding hydrogens is 314 g/mol. The summed E-state index contributed by atoms with van der Waals surface area (Å²) in [6.45, 7) is 4.27. The Morgan fingerprint density at radius 3 is 2.60 bits per heavy atom. The fourth-order valence-electron chi connectivity index (χ4n) is 3.01. The molecule has 2 unspecified atom stereocenters. The zero-order chi connectivity index (χ0) is 17.9. The number of carbonyl (C=O) groups is 2. The number of nitrogens with one attached hydrogen (secondary N) is 2. The molecule has 0 bridgehead atoms. The summed E-state index contributed by atoms with van der Waals surface area (Å²) >= 11 is 0. The van der Waals surface area contributed by atoms with E-state index in [1.165, 1.54) is 0 Å². The lowest BCUT2D eigenvalue weighted by Gasteiger charge is -2.33. The first-order valence-electron chi connectivity index (χ1n) is 8.56. The molecule has 3 rings (SSSR count). The van der Waals surface area contributed by atoms with Crippen molar-refractivity contribution in [2.24, 2.45) is 5.41 Å². The smallest absolute Gasteiger partial charge is 0.228 e. The highest BCUT2D eigenvalue weighted by atomic mass is 16.2. The molecule has 2 amide bonds. The summed E-state index contributed by atoms with van der Waals surface area (Å²) < 4.78 is 0. The molecule has 2 heterocycles. The number of hydrogen-bond donors (Lipinski definition) is 2. The second kappa shape index (κ2) is 7.05. The van der Waals surface area contributed by atoms with Crippen LogP contribution >= 0.6 is 0 Å². The van der Waals surface area contributed by atoms with Crippen molar-refractivity contribution in [2.75, 3.05) is 6.54 Å². The second-order valence-electron chi connectivity index (χ2n) is 6.90. The monoisotopic (exact) mass is 337 g/mol. The van der Waals surface area contributed by atoms with Crippen molar-refractivity contribution in [3.63, 3.8) is 0 Å². The van der Waals surface area contributed by atoms with Crippen LogP contribution < -0.4 is 10.6 Å². The molecular formula is C20H23N3O2. The average Bonchev–Trinajstić information content (AvgIpc) is 2.65. The molecule has 0 spiro atoms. The molecule has 1 aliphatic rings. The van der Waals surface area contributed by atoms with Crippen molar-refractivity contribution in [1.29, 1.82) is 0 Å². The average molecular weight is 337 g/mol. The van der Waals surface area contributed by atoms with E-state index in [2.05, 4.69) is 15.6 Å². The zero-order valence-corrected chi connectivity index (χ0v) is 14.6. The van der Waals surface area contributed by atoms with Gasteiger partial charge in [0.05, 0.1) is 11.5 Å². The summed E-state index contributed by atoms with van der Waals surface area (Å²) in [7, 11) is 0. The van der Waals surface area contributed by atoms with Gasteiger partial charge in [0.15, 0.2) is 0 Å². The van der Waals surface area contributed by atoms with Crippen LogP contribution in [0.4, 0.5) is 0 Å². The molecule has 5 heteroatoms. The maximum atomic E-state index is 12.6. The van der Waals surface area contributed by atoms with E-state index < -0.39 is 5.41 Å². The van der Waals surface area contributed by atoms with Crippen LogP contribution in [0.25, 0.3) is 11.1 Å². The lowest BCUT2D eigenvalue weighted by molar-refractivity contribution is -0.135. The number of pyridine rings is 1. The summed E-state index contributed by atoms with van der Waals surface area (Å²) in [5.74, 6) is 0.000602. The van der Waals surface area contributed by atoms with Crippen molar-refractivity contribution in [3.8, 4) is 11.1 Å². The molecule has 2 atom stereocenters. The van der Waals surface area contributed by atoms with Crippen LogP contribution in [0.1, 0.15) is 38.3 Å². The lowest BCUT2D eigenvalue weighted by Crippen LogP contribution is -2.50. The maximum Gasteiger partial charge on any atom is 0.228 e. The molecule has 1 aromatic carbocycles. The van der Waals surface area contributed by atoms with E-state index in [1.807, 2.05) is 56.4 Å². The van der Waals surface area contributed by atoms with Gasteiger partial charge in [-0.25, -0.2) is 0 Å². The number of benzene rings is 1. The SMILES string of the molecule is CC(NC(=O)C1(C)CCC(=O)NC1)c1ccc(-c2cccnc2)cc1. The van der Waals surface area contributed by atoms with Gasteiger partial charge in [0.2, 0.25) is 11.8 Å². The van der Waals surface area contributed by atoms with Crippen molar-refractivity contribution in [3.05, 3.63) is 54.4 Å². The molecule has 25 heavy (non-hydrogen) atoms. The predicted molar refractivity (Wildman–Crippen MR) is 96.6 cm³/mol. The predicted octanol–water partition coefficient (Wildman–Crippen LogP) is 2.84. The van der Waals surface area contributed by atoms with E-state index in [0.717, 1.165) is 16.7 Å². The number of nitrogens with zero attached hydrogens (tertiary/aromatic N) is 1. The summed E-state index contributed by atoms with van der Waals surface area (Å²) in [4.78, 5) is 28.1. The standard InChI is InChI=1S/C20H23N3O2/c1-14(23-19(25)20(2)10-9-18(24)22-13-20)15-5-7-16(8-6-15)17-4-3-11-21-12-17/h3-8,11-12,14H,9-10,13H2,1-2H3,(H,22,24)(H,23,25). The normalized spacial score (nSPS) is 21.3. The van der Waals surface area contributed by atoms with E-state index in [9.17, 15) is 9.59 Å². The highest BCUT2D eigenvalue weighted by Crippen LogP contribution is 2.28. The molecule has 0 saturated carbocycles. The van der Waals surface area contributed by atoms with Gasteiger partial charge in [-0.3, -0.25) is 14.6 Å². The van der Waals surface area contributed by atoms with Crippen LogP contribution in [-0.2, 0) is 9.59 Å². The first-order valence-corrected chi connectivity index (χ1v) is 8.56. The second-order valence-corrected chi connectivity index (χ2v) is 6.90. The van der Waals surface area contributed by atoms with Crippen molar-refractivity contribution in [1.82, 2.24) is 15.6 Å². The largest absolute Gasteiger partial charge is 0.355 e. The van der Waals surface area contributed by atoms with Gasteiger partial charge < -0.3 is 10.6 Å². The topological polar surface area (TPSA) is 71.1 Å². The molecule has 1 aromatic heterocycles. The van der Waals surface area contributed by atoms with Crippen molar-refractivity contribution in [2.45, 2.75) is 32.7 Å². The fraction of sp³-hybridized carbons (Fsp3) is 0.350. The molecule has 2 N–H and O–H groups in total. The van der Waals surface area contributed by atoms with Gasteiger partial charge in [-0.1, -0.05) is 30.3 Å². The number of carbonyl (C=O) groups excluding carboxylic acids is 2. The minimum Gasteiger partial charge on any atom is -0.355 e. The Morgan fingerprint density at radius 2 is 2.00 bits per heavy atom. The van der Waals surface area contributed by atoms with Gasteiger partial charge in [-0.15, -0.1) is 0 Å².